The quantitative estimate of drug-likeness (QED) is 0.179. The molecule has 218 valence electrons. The highest BCUT2D eigenvalue weighted by atomic mass is 16.8. The van der Waals surface area contributed by atoms with E-state index in [9.17, 15) is 24.6 Å². The average Bonchev–Trinajstić information content (AvgIpc) is 3.16. The first-order valence-electron chi connectivity index (χ1n) is 14.0. The van der Waals surface area contributed by atoms with Crippen molar-refractivity contribution in [1.29, 1.82) is 0 Å². The van der Waals surface area contributed by atoms with Gasteiger partial charge in [0.2, 0.25) is 12.6 Å². The van der Waals surface area contributed by atoms with Gasteiger partial charge in [-0.25, -0.2) is 0 Å². The van der Waals surface area contributed by atoms with Gasteiger partial charge in [-0.2, -0.15) is 0 Å². The SMILES string of the molecule is C=C/C(C)=C\C[C@]1(C)[C@H](C)[C@@H](O)[C@H](OC(C)=O)[C@@]23C(=C[C@H](O)C[C@@H]12)[C@@H](OC(=O)CCC)O[C@H]3OC(=O)CCC. The second kappa shape index (κ2) is 12.4. The minimum absolute atomic E-state index is 0.123. The van der Waals surface area contributed by atoms with Gasteiger partial charge in [0.25, 0.3) is 0 Å². The lowest BCUT2D eigenvalue weighted by Crippen LogP contribution is -2.68. The number of carbonyl (C=O) groups excluding carboxylic acids is 3. The fourth-order valence-electron chi connectivity index (χ4n) is 6.62. The summed E-state index contributed by atoms with van der Waals surface area (Å²) in [6, 6.07) is 0. The second-order valence-electron chi connectivity index (χ2n) is 11.4. The third-order valence-electron chi connectivity index (χ3n) is 8.81. The van der Waals surface area contributed by atoms with Gasteiger partial charge in [-0.1, -0.05) is 52.0 Å². The molecular formula is C30H44O9. The van der Waals surface area contributed by atoms with Gasteiger partial charge < -0.3 is 24.4 Å². The highest BCUT2D eigenvalue weighted by molar-refractivity contribution is 5.71. The van der Waals surface area contributed by atoms with Gasteiger partial charge in [0.05, 0.1) is 12.2 Å². The van der Waals surface area contributed by atoms with E-state index in [0.29, 0.717) is 24.8 Å². The normalized spacial score (nSPS) is 37.7. The van der Waals surface area contributed by atoms with E-state index in [1.165, 1.54) is 6.92 Å². The molecule has 0 amide bonds. The Bertz CT molecular complexity index is 1020. The smallest absolute Gasteiger partial charge is 0.308 e. The van der Waals surface area contributed by atoms with E-state index in [4.69, 9.17) is 18.9 Å². The maximum atomic E-state index is 12.9. The molecule has 0 aromatic heterocycles. The molecule has 9 nitrogen and oxygen atoms in total. The Labute approximate surface area is 231 Å². The fraction of sp³-hybridized carbons (Fsp3) is 0.700. The van der Waals surface area contributed by atoms with Crippen molar-refractivity contribution in [3.8, 4) is 0 Å². The molecule has 1 heterocycles. The lowest BCUT2D eigenvalue weighted by molar-refractivity contribution is -0.277. The molecule has 0 aromatic rings. The molecular weight excluding hydrogens is 504 g/mol. The van der Waals surface area contributed by atoms with Crippen LogP contribution in [0.3, 0.4) is 0 Å². The Morgan fingerprint density at radius 3 is 2.28 bits per heavy atom. The first kappa shape index (κ1) is 31.0. The first-order chi connectivity index (χ1) is 18.4. The monoisotopic (exact) mass is 548 g/mol. The number of ether oxygens (including phenoxy) is 4. The number of aliphatic hydroxyl groups is 2. The molecule has 1 aliphatic heterocycles. The van der Waals surface area contributed by atoms with Crippen molar-refractivity contribution in [1.82, 2.24) is 0 Å². The summed E-state index contributed by atoms with van der Waals surface area (Å²) in [5.74, 6) is -2.56. The molecule has 1 spiro atoms. The number of allylic oxidation sites excluding steroid dienone is 3. The van der Waals surface area contributed by atoms with Crippen LogP contribution in [-0.4, -0.2) is 59.0 Å². The predicted molar refractivity (Wildman–Crippen MR) is 143 cm³/mol. The Morgan fingerprint density at radius 2 is 1.72 bits per heavy atom. The highest BCUT2D eigenvalue weighted by Gasteiger charge is 2.74. The lowest BCUT2D eigenvalue weighted by atomic mass is 9.44. The number of hydrogen-bond acceptors (Lipinski definition) is 9. The molecule has 0 radical (unpaired) electrons. The summed E-state index contributed by atoms with van der Waals surface area (Å²) in [7, 11) is 0. The summed E-state index contributed by atoms with van der Waals surface area (Å²) in [6.45, 7) is 14.6. The van der Waals surface area contributed by atoms with Crippen LogP contribution >= 0.6 is 0 Å². The maximum Gasteiger partial charge on any atom is 0.308 e. The molecule has 2 N–H and O–H groups in total. The van der Waals surface area contributed by atoms with Crippen molar-refractivity contribution in [2.24, 2.45) is 22.7 Å². The Kier molecular flexibility index (Phi) is 9.83. The number of rotatable bonds is 10. The van der Waals surface area contributed by atoms with Gasteiger partial charge in [-0.3, -0.25) is 19.1 Å². The molecule has 0 aromatic carbocycles. The number of carbonyl (C=O) groups is 3. The molecule has 0 bridgehead atoms. The molecule has 9 atom stereocenters. The summed E-state index contributed by atoms with van der Waals surface area (Å²) in [5.41, 5.74) is -0.789. The van der Waals surface area contributed by atoms with Gasteiger partial charge in [0, 0.05) is 25.3 Å². The zero-order valence-electron chi connectivity index (χ0n) is 24.0. The van der Waals surface area contributed by atoms with Crippen molar-refractivity contribution in [3.63, 3.8) is 0 Å². The van der Waals surface area contributed by atoms with Gasteiger partial charge in [-0.15, -0.1) is 0 Å². The molecule has 2 aliphatic carbocycles. The van der Waals surface area contributed by atoms with Gasteiger partial charge in [0.1, 0.15) is 11.5 Å². The van der Waals surface area contributed by atoms with Crippen LogP contribution in [0.15, 0.2) is 36.0 Å². The number of hydrogen-bond donors (Lipinski definition) is 2. The summed E-state index contributed by atoms with van der Waals surface area (Å²) in [4.78, 5) is 37.9. The Morgan fingerprint density at radius 1 is 1.10 bits per heavy atom. The van der Waals surface area contributed by atoms with Crippen molar-refractivity contribution < 1.29 is 43.5 Å². The number of esters is 3. The van der Waals surface area contributed by atoms with Crippen LogP contribution in [0, 0.1) is 22.7 Å². The molecule has 3 aliphatic rings. The largest absolute Gasteiger partial charge is 0.459 e. The number of aliphatic hydroxyl groups excluding tert-OH is 2. The molecule has 1 saturated carbocycles. The summed E-state index contributed by atoms with van der Waals surface area (Å²) >= 11 is 0. The predicted octanol–water partition coefficient (Wildman–Crippen LogP) is 4.12. The van der Waals surface area contributed by atoms with Crippen LogP contribution in [0.5, 0.6) is 0 Å². The maximum absolute atomic E-state index is 12.9. The standard InChI is InChI=1S/C30H44O9/c1-8-11-23(33)37-27-21-15-20(32)16-22-29(7,14-13-17(4)10-3)18(5)25(35)26(36-19(6)31)30(21,22)28(39-27)38-24(34)12-9-2/h10,13,15,18,20,22,25-28,32,35H,3,8-9,11-12,14,16H2,1-2,4-7H3/b17-13-/t18-,20+,22+,25-,26+,27+,28-,29-,30-/m1/s1. The van der Waals surface area contributed by atoms with Crippen LogP contribution in [-0.2, 0) is 33.3 Å². The van der Waals surface area contributed by atoms with E-state index in [1.54, 1.807) is 12.2 Å². The molecule has 3 rings (SSSR count). The van der Waals surface area contributed by atoms with Gasteiger partial charge in [-0.05, 0) is 55.9 Å². The minimum Gasteiger partial charge on any atom is -0.459 e. The topological polar surface area (TPSA) is 129 Å². The van der Waals surface area contributed by atoms with Crippen LogP contribution < -0.4 is 0 Å². The zero-order valence-corrected chi connectivity index (χ0v) is 24.0. The summed E-state index contributed by atoms with van der Waals surface area (Å²) in [5, 5.41) is 22.9. The summed E-state index contributed by atoms with van der Waals surface area (Å²) in [6.07, 6.45) is 1.50. The lowest BCUT2D eigenvalue weighted by Gasteiger charge is -2.62. The third-order valence-corrected chi connectivity index (χ3v) is 8.81. The van der Waals surface area contributed by atoms with E-state index in [0.717, 1.165) is 5.57 Å². The van der Waals surface area contributed by atoms with Crippen molar-refractivity contribution in [2.75, 3.05) is 0 Å². The van der Waals surface area contributed by atoms with Crippen LogP contribution in [0.4, 0.5) is 0 Å². The van der Waals surface area contributed by atoms with E-state index in [1.807, 2.05) is 40.7 Å². The second-order valence-corrected chi connectivity index (χ2v) is 11.4. The van der Waals surface area contributed by atoms with Crippen LogP contribution in [0.2, 0.25) is 0 Å². The van der Waals surface area contributed by atoms with E-state index < -0.39 is 71.5 Å². The minimum atomic E-state index is -1.40. The molecule has 39 heavy (non-hydrogen) atoms. The van der Waals surface area contributed by atoms with E-state index in [-0.39, 0.29) is 19.3 Å². The average molecular weight is 549 g/mol. The molecule has 1 saturated heterocycles. The zero-order chi connectivity index (χ0) is 29.1. The van der Waals surface area contributed by atoms with Gasteiger partial charge in [0.15, 0.2) is 0 Å². The van der Waals surface area contributed by atoms with Crippen LogP contribution in [0.1, 0.15) is 80.1 Å². The Balaban J connectivity index is 2.28. The summed E-state index contributed by atoms with van der Waals surface area (Å²) < 4.78 is 23.6. The first-order valence-corrected chi connectivity index (χ1v) is 14.0. The molecule has 9 heteroatoms. The Hall–Kier alpha value is -2.49. The van der Waals surface area contributed by atoms with Crippen molar-refractivity contribution >= 4 is 17.9 Å². The van der Waals surface area contributed by atoms with Gasteiger partial charge >= 0.3 is 17.9 Å². The van der Waals surface area contributed by atoms with Crippen LogP contribution in [0.25, 0.3) is 0 Å². The molecule has 2 fully saturated rings. The van der Waals surface area contributed by atoms with Crippen molar-refractivity contribution in [2.45, 2.75) is 111 Å². The molecule has 0 unspecified atom stereocenters. The third kappa shape index (κ3) is 5.72. The van der Waals surface area contributed by atoms with Crippen molar-refractivity contribution in [3.05, 3.63) is 36.0 Å². The fourth-order valence-corrected chi connectivity index (χ4v) is 6.62. The van der Waals surface area contributed by atoms with E-state index in [2.05, 4.69) is 6.58 Å². The highest BCUT2D eigenvalue weighted by Crippen LogP contribution is 2.67. The van der Waals surface area contributed by atoms with E-state index >= 15 is 0 Å².